The fourth-order valence-corrected chi connectivity index (χ4v) is 2.30. The van der Waals surface area contributed by atoms with Gasteiger partial charge in [-0.3, -0.25) is 9.48 Å². The van der Waals surface area contributed by atoms with Crippen LogP contribution in [0.1, 0.15) is 27.4 Å². The zero-order valence-electron chi connectivity index (χ0n) is 13.7. The number of aromatic nitrogens is 3. The maximum Gasteiger partial charge on any atom is 0.260 e. The second kappa shape index (κ2) is 6.57. The normalized spacial score (nSPS) is 10.6. The van der Waals surface area contributed by atoms with Gasteiger partial charge in [-0.25, -0.2) is 0 Å². The van der Waals surface area contributed by atoms with E-state index in [-0.39, 0.29) is 12.5 Å². The summed E-state index contributed by atoms with van der Waals surface area (Å²) in [6, 6.07) is 8.80. The zero-order chi connectivity index (χ0) is 17.1. The minimum Gasteiger partial charge on any atom is -0.488 e. The molecule has 0 atom stereocenters. The van der Waals surface area contributed by atoms with Crippen molar-refractivity contribution in [2.24, 2.45) is 7.05 Å². The van der Waals surface area contributed by atoms with Crippen LogP contribution >= 0.6 is 0 Å². The summed E-state index contributed by atoms with van der Waals surface area (Å²) in [4.78, 5) is 12.5. The highest BCUT2D eigenvalue weighted by molar-refractivity contribution is 6.05. The van der Waals surface area contributed by atoms with E-state index in [0.29, 0.717) is 22.9 Å². The van der Waals surface area contributed by atoms with Crippen LogP contribution in [-0.2, 0) is 13.7 Å². The van der Waals surface area contributed by atoms with E-state index in [9.17, 15) is 4.79 Å². The molecule has 124 valence electrons. The van der Waals surface area contributed by atoms with Crippen molar-refractivity contribution in [2.45, 2.75) is 20.5 Å². The Morgan fingerprint density at radius 1 is 1.29 bits per heavy atom. The number of carbonyl (C=O) groups excluding carboxylic acids is 1. The number of rotatable bonds is 5. The first-order valence-corrected chi connectivity index (χ1v) is 7.49. The lowest BCUT2D eigenvalue weighted by Crippen LogP contribution is -2.14. The predicted molar refractivity (Wildman–Crippen MR) is 87.9 cm³/mol. The molecule has 7 nitrogen and oxygen atoms in total. The van der Waals surface area contributed by atoms with Crippen molar-refractivity contribution in [2.75, 3.05) is 5.32 Å². The van der Waals surface area contributed by atoms with Crippen LogP contribution in [0.5, 0.6) is 5.75 Å². The minimum absolute atomic E-state index is 0.275. The van der Waals surface area contributed by atoms with Crippen LogP contribution in [0.15, 0.2) is 41.1 Å². The molecule has 0 bridgehead atoms. The van der Waals surface area contributed by atoms with Crippen LogP contribution in [-0.4, -0.2) is 20.8 Å². The molecule has 2 heterocycles. The van der Waals surface area contributed by atoms with E-state index >= 15 is 0 Å². The number of para-hydroxylation sites is 1. The molecule has 3 rings (SSSR count). The third-order valence-electron chi connectivity index (χ3n) is 3.64. The van der Waals surface area contributed by atoms with Crippen molar-refractivity contribution in [1.82, 2.24) is 14.9 Å². The Bertz CT molecular complexity index is 847. The summed E-state index contributed by atoms with van der Waals surface area (Å²) in [6.45, 7) is 3.97. The Morgan fingerprint density at radius 3 is 2.75 bits per heavy atom. The number of amides is 1. The van der Waals surface area contributed by atoms with Gasteiger partial charge in [0, 0.05) is 19.3 Å². The molecule has 0 aliphatic carbocycles. The second-order valence-electron chi connectivity index (χ2n) is 5.42. The Kier molecular flexibility index (Phi) is 4.33. The number of aryl methyl sites for hydroxylation is 3. The Labute approximate surface area is 139 Å². The molecule has 1 amide bonds. The fourth-order valence-electron chi connectivity index (χ4n) is 2.30. The van der Waals surface area contributed by atoms with Gasteiger partial charge in [0.2, 0.25) is 0 Å². The second-order valence-corrected chi connectivity index (χ2v) is 5.42. The molecule has 2 aromatic heterocycles. The Morgan fingerprint density at radius 2 is 2.08 bits per heavy atom. The molecule has 7 heteroatoms. The lowest BCUT2D eigenvalue weighted by molar-refractivity contribution is 0.102. The number of carbonyl (C=O) groups is 1. The molecule has 0 aliphatic rings. The molecule has 0 saturated heterocycles. The highest BCUT2D eigenvalue weighted by Crippen LogP contribution is 2.22. The quantitative estimate of drug-likeness (QED) is 0.779. The van der Waals surface area contributed by atoms with Crippen molar-refractivity contribution in [1.29, 1.82) is 0 Å². The summed E-state index contributed by atoms with van der Waals surface area (Å²) in [5.74, 6) is 1.42. The number of nitrogens with one attached hydrogen (secondary N) is 1. The van der Waals surface area contributed by atoms with E-state index in [4.69, 9.17) is 9.26 Å². The van der Waals surface area contributed by atoms with E-state index in [2.05, 4.69) is 15.6 Å². The van der Waals surface area contributed by atoms with Gasteiger partial charge in [0.25, 0.3) is 5.91 Å². The summed E-state index contributed by atoms with van der Waals surface area (Å²) in [5.41, 5.74) is 2.10. The molecule has 24 heavy (non-hydrogen) atoms. The van der Waals surface area contributed by atoms with E-state index in [1.54, 1.807) is 42.2 Å². The Balaban J connectivity index is 1.76. The largest absolute Gasteiger partial charge is 0.488 e. The maximum atomic E-state index is 12.5. The van der Waals surface area contributed by atoms with Crippen molar-refractivity contribution < 1.29 is 14.1 Å². The lowest BCUT2D eigenvalue weighted by Gasteiger charge is -2.11. The Hall–Kier alpha value is -3.09. The minimum atomic E-state index is -0.275. The van der Waals surface area contributed by atoms with E-state index in [1.807, 2.05) is 19.9 Å². The van der Waals surface area contributed by atoms with Gasteiger partial charge in [-0.1, -0.05) is 17.3 Å². The smallest absolute Gasteiger partial charge is 0.260 e. The van der Waals surface area contributed by atoms with Gasteiger partial charge in [0.1, 0.15) is 18.1 Å². The molecule has 0 radical (unpaired) electrons. The van der Waals surface area contributed by atoms with Crippen molar-refractivity contribution in [3.05, 3.63) is 59.1 Å². The van der Waals surface area contributed by atoms with Crippen LogP contribution < -0.4 is 10.1 Å². The van der Waals surface area contributed by atoms with Crippen LogP contribution in [0.3, 0.4) is 0 Å². The summed E-state index contributed by atoms with van der Waals surface area (Å²) >= 11 is 0. The summed E-state index contributed by atoms with van der Waals surface area (Å²) in [7, 11) is 1.79. The molecule has 0 spiro atoms. The molecule has 0 fully saturated rings. The highest BCUT2D eigenvalue weighted by Gasteiger charge is 2.15. The van der Waals surface area contributed by atoms with Gasteiger partial charge >= 0.3 is 0 Å². The molecular formula is C17H18N4O3. The van der Waals surface area contributed by atoms with Crippen molar-refractivity contribution >= 4 is 11.7 Å². The number of ether oxygens (including phenoxy) is 1. The van der Waals surface area contributed by atoms with Gasteiger partial charge < -0.3 is 14.6 Å². The van der Waals surface area contributed by atoms with Crippen LogP contribution in [0, 0.1) is 13.8 Å². The van der Waals surface area contributed by atoms with Crippen LogP contribution in [0.4, 0.5) is 5.82 Å². The SMILES string of the molecule is Cc1noc(C)c1COc1ccccc1C(=O)Nc1ccn(C)n1. The highest BCUT2D eigenvalue weighted by atomic mass is 16.5. The number of anilines is 1. The summed E-state index contributed by atoms with van der Waals surface area (Å²) in [5, 5.41) is 10.8. The number of benzene rings is 1. The zero-order valence-corrected chi connectivity index (χ0v) is 13.7. The van der Waals surface area contributed by atoms with Gasteiger partial charge in [0.05, 0.1) is 16.8 Å². The molecule has 0 unspecified atom stereocenters. The molecule has 0 saturated carbocycles. The van der Waals surface area contributed by atoms with Crippen molar-refractivity contribution in [3.8, 4) is 5.75 Å². The van der Waals surface area contributed by atoms with Crippen LogP contribution in [0.2, 0.25) is 0 Å². The monoisotopic (exact) mass is 326 g/mol. The number of hydrogen-bond donors (Lipinski definition) is 1. The average molecular weight is 326 g/mol. The molecule has 1 aromatic carbocycles. The van der Waals surface area contributed by atoms with E-state index in [1.165, 1.54) is 0 Å². The molecular weight excluding hydrogens is 308 g/mol. The summed E-state index contributed by atoms with van der Waals surface area (Å²) in [6.07, 6.45) is 1.76. The van der Waals surface area contributed by atoms with Crippen molar-refractivity contribution in [3.63, 3.8) is 0 Å². The van der Waals surface area contributed by atoms with Gasteiger partial charge in [-0.2, -0.15) is 5.10 Å². The first kappa shape index (κ1) is 15.8. The summed E-state index contributed by atoms with van der Waals surface area (Å²) < 4.78 is 12.6. The molecule has 1 N–H and O–H groups in total. The van der Waals surface area contributed by atoms with Gasteiger partial charge in [-0.15, -0.1) is 0 Å². The molecule has 0 aliphatic heterocycles. The third-order valence-corrected chi connectivity index (χ3v) is 3.64. The first-order chi connectivity index (χ1) is 11.5. The maximum absolute atomic E-state index is 12.5. The molecule has 3 aromatic rings. The van der Waals surface area contributed by atoms with E-state index < -0.39 is 0 Å². The predicted octanol–water partition coefficient (Wildman–Crippen LogP) is 2.86. The van der Waals surface area contributed by atoms with Gasteiger partial charge in [-0.05, 0) is 26.0 Å². The average Bonchev–Trinajstić information content (AvgIpc) is 3.11. The lowest BCUT2D eigenvalue weighted by atomic mass is 10.2. The number of hydrogen-bond acceptors (Lipinski definition) is 5. The first-order valence-electron chi connectivity index (χ1n) is 7.49. The fraction of sp³-hybridized carbons (Fsp3) is 0.235. The van der Waals surface area contributed by atoms with Crippen LogP contribution in [0.25, 0.3) is 0 Å². The number of nitrogens with zero attached hydrogens (tertiary/aromatic N) is 3. The standard InChI is InChI=1S/C17H18N4O3/c1-11-14(12(2)24-20-11)10-23-15-7-5-4-6-13(15)17(22)18-16-8-9-21(3)19-16/h4-9H,10H2,1-3H3,(H,18,19,22). The van der Waals surface area contributed by atoms with E-state index in [0.717, 1.165) is 11.3 Å². The van der Waals surface area contributed by atoms with Gasteiger partial charge in [0.15, 0.2) is 5.82 Å². The third kappa shape index (κ3) is 3.29. The topological polar surface area (TPSA) is 82.2 Å².